The van der Waals surface area contributed by atoms with E-state index in [1.807, 2.05) is 6.92 Å². The van der Waals surface area contributed by atoms with E-state index in [0.29, 0.717) is 22.2 Å². The van der Waals surface area contributed by atoms with Crippen LogP contribution in [0, 0.1) is 0 Å². The number of nitrogens with one attached hydrogen (secondary N) is 1. The molecule has 4 nitrogen and oxygen atoms in total. The molecule has 1 unspecified atom stereocenters. The second kappa shape index (κ2) is 5.64. The van der Waals surface area contributed by atoms with Crippen LogP contribution in [-0.4, -0.2) is 22.5 Å². The van der Waals surface area contributed by atoms with Crippen molar-refractivity contribution in [3.05, 3.63) is 20.8 Å². The Hall–Kier alpha value is -0.880. The molecule has 1 aromatic rings. The molecule has 0 aliphatic carbocycles. The van der Waals surface area contributed by atoms with Crippen molar-refractivity contribution in [1.82, 2.24) is 5.32 Å². The number of carbonyl (C=O) groups excluding carboxylic acids is 1. The third kappa shape index (κ3) is 3.29. The topological polar surface area (TPSA) is 66.4 Å². The predicted molar refractivity (Wildman–Crippen MR) is 70.4 cm³/mol. The Morgan fingerprint density at radius 2 is 2.24 bits per heavy atom. The van der Waals surface area contributed by atoms with Crippen LogP contribution in [0.15, 0.2) is 15.9 Å². The molecular weight excluding hydrogens is 306 g/mol. The summed E-state index contributed by atoms with van der Waals surface area (Å²) in [5.74, 6) is -1.37. The Labute approximate surface area is 112 Å². The zero-order chi connectivity index (χ0) is 13.1. The number of carbonyl (C=O) groups is 2. The van der Waals surface area contributed by atoms with Crippen molar-refractivity contribution in [2.45, 2.75) is 32.2 Å². The van der Waals surface area contributed by atoms with Gasteiger partial charge in [-0.2, -0.15) is 0 Å². The quantitative estimate of drug-likeness (QED) is 0.877. The van der Waals surface area contributed by atoms with Crippen LogP contribution in [0.25, 0.3) is 0 Å². The van der Waals surface area contributed by atoms with Crippen LogP contribution < -0.4 is 5.32 Å². The maximum atomic E-state index is 11.9. The molecule has 6 heteroatoms. The van der Waals surface area contributed by atoms with E-state index >= 15 is 0 Å². The van der Waals surface area contributed by atoms with Crippen LogP contribution in [0.2, 0.25) is 0 Å². The number of hydrogen-bond donors (Lipinski definition) is 2. The van der Waals surface area contributed by atoms with Gasteiger partial charge in [0.05, 0.1) is 0 Å². The number of halogens is 1. The average Bonchev–Trinajstić information content (AvgIpc) is 2.64. The molecule has 1 rings (SSSR count). The second-order valence-corrected chi connectivity index (χ2v) is 5.71. The van der Waals surface area contributed by atoms with Gasteiger partial charge in [-0.05, 0) is 40.7 Å². The minimum absolute atomic E-state index is 0.356. The molecule has 0 radical (unpaired) electrons. The molecule has 0 aliphatic rings. The van der Waals surface area contributed by atoms with Crippen molar-refractivity contribution in [3.63, 3.8) is 0 Å². The molecule has 0 aliphatic heterocycles. The zero-order valence-electron chi connectivity index (χ0n) is 9.62. The maximum Gasteiger partial charge on any atom is 0.329 e. The van der Waals surface area contributed by atoms with E-state index in [1.54, 1.807) is 11.4 Å². The number of carboxylic acid groups (broad SMARTS) is 1. The third-order valence-corrected chi connectivity index (χ3v) is 4.27. The molecule has 1 heterocycles. The van der Waals surface area contributed by atoms with E-state index < -0.39 is 11.5 Å². The van der Waals surface area contributed by atoms with Gasteiger partial charge in [0, 0.05) is 4.47 Å². The Kier molecular flexibility index (Phi) is 4.70. The van der Waals surface area contributed by atoms with E-state index in [0.717, 1.165) is 0 Å². The number of carboxylic acids is 1. The molecule has 2 N–H and O–H groups in total. The summed E-state index contributed by atoms with van der Waals surface area (Å²) in [4.78, 5) is 23.6. The van der Waals surface area contributed by atoms with Crippen LogP contribution in [0.4, 0.5) is 0 Å². The minimum atomic E-state index is -1.21. The lowest BCUT2D eigenvalue weighted by Gasteiger charge is -2.25. The SMILES string of the molecule is CCCC(C)(NC(=O)c1sccc1Br)C(=O)O. The monoisotopic (exact) mass is 319 g/mol. The highest BCUT2D eigenvalue weighted by atomic mass is 79.9. The van der Waals surface area contributed by atoms with E-state index in [1.165, 1.54) is 18.3 Å². The normalized spacial score (nSPS) is 14.1. The highest BCUT2D eigenvalue weighted by Crippen LogP contribution is 2.24. The Balaban J connectivity index is 2.85. The maximum absolute atomic E-state index is 11.9. The van der Waals surface area contributed by atoms with Crippen LogP contribution in [0.5, 0.6) is 0 Å². The molecule has 0 saturated heterocycles. The predicted octanol–water partition coefficient (Wildman–Crippen LogP) is 2.88. The van der Waals surface area contributed by atoms with Gasteiger partial charge in [-0.15, -0.1) is 11.3 Å². The van der Waals surface area contributed by atoms with Crippen LogP contribution in [0.3, 0.4) is 0 Å². The summed E-state index contributed by atoms with van der Waals surface area (Å²) in [5.41, 5.74) is -1.21. The number of hydrogen-bond acceptors (Lipinski definition) is 3. The molecule has 94 valence electrons. The van der Waals surface area contributed by atoms with E-state index in [2.05, 4.69) is 21.2 Å². The number of rotatable bonds is 5. The highest BCUT2D eigenvalue weighted by Gasteiger charge is 2.34. The lowest BCUT2D eigenvalue weighted by Crippen LogP contribution is -2.52. The van der Waals surface area contributed by atoms with E-state index in [-0.39, 0.29) is 5.91 Å². The van der Waals surface area contributed by atoms with Gasteiger partial charge in [0.15, 0.2) is 0 Å². The number of amides is 1. The Morgan fingerprint density at radius 1 is 1.59 bits per heavy atom. The first-order valence-corrected chi connectivity index (χ1v) is 6.87. The number of thiophene rings is 1. The summed E-state index contributed by atoms with van der Waals surface area (Å²) < 4.78 is 0.684. The fourth-order valence-corrected chi connectivity index (χ4v) is 2.93. The Bertz CT molecular complexity index is 432. The minimum Gasteiger partial charge on any atom is -0.480 e. The summed E-state index contributed by atoms with van der Waals surface area (Å²) >= 11 is 4.53. The van der Waals surface area contributed by atoms with Crippen molar-refractivity contribution in [3.8, 4) is 0 Å². The molecule has 1 aromatic heterocycles. The van der Waals surface area contributed by atoms with Crippen molar-refractivity contribution >= 4 is 39.1 Å². The lowest BCUT2D eigenvalue weighted by atomic mass is 9.96. The first-order chi connectivity index (χ1) is 7.90. The standard InChI is InChI=1S/C11H14BrNO3S/c1-3-5-11(2,10(15)16)13-9(14)8-7(12)4-6-17-8/h4,6H,3,5H2,1-2H3,(H,13,14)(H,15,16). The molecule has 0 aromatic carbocycles. The molecule has 1 atom stereocenters. The van der Waals surface area contributed by atoms with Crippen molar-refractivity contribution < 1.29 is 14.7 Å². The van der Waals surface area contributed by atoms with Crippen molar-refractivity contribution in [2.75, 3.05) is 0 Å². The third-order valence-electron chi connectivity index (χ3n) is 2.43. The van der Waals surface area contributed by atoms with Gasteiger partial charge in [-0.25, -0.2) is 4.79 Å². The summed E-state index contributed by atoms with van der Waals surface area (Å²) in [5, 5.41) is 13.5. The summed E-state index contributed by atoms with van der Waals surface area (Å²) in [6.07, 6.45) is 1.09. The largest absolute Gasteiger partial charge is 0.480 e. The van der Waals surface area contributed by atoms with Gasteiger partial charge < -0.3 is 10.4 Å². The van der Waals surface area contributed by atoms with Crippen LogP contribution in [0.1, 0.15) is 36.4 Å². The fraction of sp³-hybridized carbons (Fsp3) is 0.455. The summed E-state index contributed by atoms with van der Waals surface area (Å²) in [6.45, 7) is 3.41. The van der Waals surface area contributed by atoms with Crippen molar-refractivity contribution in [2.24, 2.45) is 0 Å². The van der Waals surface area contributed by atoms with Crippen LogP contribution in [-0.2, 0) is 4.79 Å². The lowest BCUT2D eigenvalue weighted by molar-refractivity contribution is -0.144. The average molecular weight is 320 g/mol. The first-order valence-electron chi connectivity index (χ1n) is 5.19. The van der Waals surface area contributed by atoms with E-state index in [9.17, 15) is 9.59 Å². The molecular formula is C11H14BrNO3S. The fourth-order valence-electron chi connectivity index (χ4n) is 1.49. The van der Waals surface area contributed by atoms with Crippen LogP contribution >= 0.6 is 27.3 Å². The molecule has 1 amide bonds. The van der Waals surface area contributed by atoms with Gasteiger partial charge in [-0.1, -0.05) is 13.3 Å². The van der Waals surface area contributed by atoms with Gasteiger partial charge in [-0.3, -0.25) is 4.79 Å². The second-order valence-electron chi connectivity index (χ2n) is 3.94. The Morgan fingerprint density at radius 3 is 2.65 bits per heavy atom. The molecule has 17 heavy (non-hydrogen) atoms. The smallest absolute Gasteiger partial charge is 0.329 e. The van der Waals surface area contributed by atoms with E-state index in [4.69, 9.17) is 5.11 Å². The van der Waals surface area contributed by atoms with Crippen molar-refractivity contribution in [1.29, 1.82) is 0 Å². The number of aliphatic carboxylic acids is 1. The summed E-state index contributed by atoms with van der Waals surface area (Å²) in [6, 6.07) is 1.76. The van der Waals surface area contributed by atoms with Gasteiger partial charge >= 0.3 is 5.97 Å². The summed E-state index contributed by atoms with van der Waals surface area (Å²) in [7, 11) is 0. The highest BCUT2D eigenvalue weighted by molar-refractivity contribution is 9.10. The molecule has 0 spiro atoms. The zero-order valence-corrected chi connectivity index (χ0v) is 12.0. The molecule has 0 fully saturated rings. The molecule has 0 saturated carbocycles. The van der Waals surface area contributed by atoms with Gasteiger partial charge in [0.25, 0.3) is 5.91 Å². The first kappa shape index (κ1) is 14.2. The van der Waals surface area contributed by atoms with Gasteiger partial charge in [0.2, 0.25) is 0 Å². The molecule has 0 bridgehead atoms. The van der Waals surface area contributed by atoms with Gasteiger partial charge in [0.1, 0.15) is 10.4 Å².